The van der Waals surface area contributed by atoms with Crippen molar-refractivity contribution < 1.29 is 33.6 Å². The van der Waals surface area contributed by atoms with Gasteiger partial charge in [0, 0.05) is 18.8 Å². The number of hydrogen-bond donors (Lipinski definition) is 1. The lowest BCUT2D eigenvalue weighted by Crippen LogP contribution is -2.49. The molecule has 202 valence electrons. The molecule has 0 aromatic heterocycles. The van der Waals surface area contributed by atoms with Gasteiger partial charge in [0.25, 0.3) is 5.79 Å². The van der Waals surface area contributed by atoms with E-state index in [2.05, 4.69) is 19.1 Å². The third kappa shape index (κ3) is 9.17. The Kier molecular flexibility index (Phi) is 11.9. The van der Waals surface area contributed by atoms with Gasteiger partial charge in [0.05, 0.1) is 12.5 Å². The van der Waals surface area contributed by atoms with Gasteiger partial charge in [-0.1, -0.05) is 62.6 Å². The highest BCUT2D eigenvalue weighted by Gasteiger charge is 2.45. The molecule has 1 saturated carbocycles. The van der Waals surface area contributed by atoms with E-state index in [9.17, 15) is 14.7 Å². The molecule has 0 saturated heterocycles. The molecule has 0 radical (unpaired) electrons. The van der Waals surface area contributed by atoms with E-state index < -0.39 is 24.3 Å². The molecule has 7 nitrogen and oxygen atoms in total. The van der Waals surface area contributed by atoms with Crippen LogP contribution in [0.2, 0.25) is 0 Å². The highest BCUT2D eigenvalue weighted by atomic mass is 16.8. The Hall–Kier alpha value is -2.90. The van der Waals surface area contributed by atoms with Crippen molar-refractivity contribution in [3.05, 3.63) is 73.3 Å². The van der Waals surface area contributed by atoms with Crippen molar-refractivity contribution in [2.24, 2.45) is 11.8 Å². The van der Waals surface area contributed by atoms with Crippen LogP contribution in [-0.2, 0) is 28.5 Å². The minimum atomic E-state index is -1.99. The molecule has 1 N–H and O–H groups in total. The summed E-state index contributed by atoms with van der Waals surface area (Å²) in [6.45, 7) is 2.21. The lowest BCUT2D eigenvalue weighted by atomic mass is 9.91. The first kappa shape index (κ1) is 28.7. The van der Waals surface area contributed by atoms with Crippen LogP contribution in [0.5, 0.6) is 0 Å². The van der Waals surface area contributed by atoms with Gasteiger partial charge in [0.15, 0.2) is 0 Å². The average molecular weight is 513 g/mol. The predicted octanol–water partition coefficient (Wildman–Crippen LogP) is 6.50. The lowest BCUT2D eigenvalue weighted by molar-refractivity contribution is -0.317. The van der Waals surface area contributed by atoms with Crippen LogP contribution >= 0.6 is 0 Å². The lowest BCUT2D eigenvalue weighted by Gasteiger charge is -2.34. The van der Waals surface area contributed by atoms with Crippen molar-refractivity contribution in [3.8, 4) is 0 Å². The molecule has 3 rings (SSSR count). The number of carbonyl (C=O) groups is 2. The first-order valence-corrected chi connectivity index (χ1v) is 13.4. The third-order valence-corrected chi connectivity index (χ3v) is 6.74. The zero-order valence-corrected chi connectivity index (χ0v) is 21.7. The van der Waals surface area contributed by atoms with Crippen molar-refractivity contribution in [3.63, 3.8) is 0 Å². The minimum Gasteiger partial charge on any atom is -0.477 e. The fourth-order valence-corrected chi connectivity index (χ4v) is 4.66. The van der Waals surface area contributed by atoms with Gasteiger partial charge in [0.2, 0.25) is 12.6 Å². The minimum absolute atomic E-state index is 0.0139. The molecule has 2 unspecified atom stereocenters. The van der Waals surface area contributed by atoms with Crippen LogP contribution in [0.4, 0.5) is 0 Å². The van der Waals surface area contributed by atoms with Crippen molar-refractivity contribution in [2.45, 2.75) is 89.5 Å². The van der Waals surface area contributed by atoms with Crippen LogP contribution < -0.4 is 0 Å². The Morgan fingerprint density at radius 3 is 2.30 bits per heavy atom. The van der Waals surface area contributed by atoms with E-state index in [-0.39, 0.29) is 18.3 Å². The molecule has 3 aliphatic rings. The smallest absolute Gasteiger partial charge is 0.364 e. The molecule has 2 aliphatic heterocycles. The Morgan fingerprint density at radius 1 is 1.00 bits per heavy atom. The second-order valence-electron chi connectivity index (χ2n) is 9.53. The topological polar surface area (TPSA) is 91.3 Å². The summed E-state index contributed by atoms with van der Waals surface area (Å²) in [5, 5.41) is 10.1. The van der Waals surface area contributed by atoms with Gasteiger partial charge < -0.3 is 14.6 Å². The van der Waals surface area contributed by atoms with Gasteiger partial charge in [-0.15, -0.1) is 0 Å². The molecule has 2 heterocycles. The summed E-state index contributed by atoms with van der Waals surface area (Å²) in [6.07, 6.45) is 28.0. The molecule has 0 spiro atoms. The number of carboxylic acid groups (broad SMARTS) is 1. The third-order valence-electron chi connectivity index (χ3n) is 6.74. The number of aliphatic carboxylic acids is 1. The molecule has 0 amide bonds. The number of carboxylic acids is 1. The first-order chi connectivity index (χ1) is 18.0. The summed E-state index contributed by atoms with van der Waals surface area (Å²) in [4.78, 5) is 24.9. The van der Waals surface area contributed by atoms with Gasteiger partial charge in [-0.25, -0.2) is 4.79 Å². The maximum absolute atomic E-state index is 12.5. The Bertz CT molecular complexity index is 879. The Balaban J connectivity index is 1.56. The van der Waals surface area contributed by atoms with Crippen molar-refractivity contribution >= 4 is 11.8 Å². The molecule has 0 bridgehead atoms. The Labute approximate surface area is 220 Å². The van der Waals surface area contributed by atoms with E-state index in [4.69, 9.17) is 18.9 Å². The van der Waals surface area contributed by atoms with E-state index in [0.717, 1.165) is 12.8 Å². The highest BCUT2D eigenvalue weighted by molar-refractivity contribution is 5.83. The number of ether oxygens (including phenoxy) is 4. The molecule has 37 heavy (non-hydrogen) atoms. The molecule has 0 aromatic carbocycles. The van der Waals surface area contributed by atoms with Gasteiger partial charge in [0.1, 0.15) is 5.78 Å². The van der Waals surface area contributed by atoms with Crippen LogP contribution in [0.1, 0.15) is 71.1 Å². The van der Waals surface area contributed by atoms with Gasteiger partial charge in [-0.3, -0.25) is 14.3 Å². The molecule has 1 aliphatic carbocycles. The predicted molar refractivity (Wildman–Crippen MR) is 141 cm³/mol. The van der Waals surface area contributed by atoms with E-state index >= 15 is 0 Å². The van der Waals surface area contributed by atoms with E-state index in [1.807, 2.05) is 12.2 Å². The van der Waals surface area contributed by atoms with E-state index in [0.29, 0.717) is 25.0 Å². The molecule has 1 fully saturated rings. The number of ketones is 1. The van der Waals surface area contributed by atoms with E-state index in [1.54, 1.807) is 36.5 Å². The van der Waals surface area contributed by atoms with Crippen molar-refractivity contribution in [2.75, 3.05) is 0 Å². The zero-order valence-electron chi connectivity index (χ0n) is 21.7. The van der Waals surface area contributed by atoms with E-state index in [1.165, 1.54) is 38.2 Å². The summed E-state index contributed by atoms with van der Waals surface area (Å²) in [5.74, 6) is -2.69. The number of carbonyl (C=O) groups excluding carboxylic acids is 1. The van der Waals surface area contributed by atoms with Gasteiger partial charge in [-0.05, 0) is 62.3 Å². The maximum Gasteiger partial charge on any atom is 0.364 e. The molecule has 0 aromatic rings. The largest absolute Gasteiger partial charge is 0.477 e. The molecule has 4 atom stereocenters. The summed E-state index contributed by atoms with van der Waals surface area (Å²) in [5.41, 5.74) is 0. The standard InChI is InChI=1S/C30H40O7/c1-2-3-4-5-6-8-15-24-19-20-26(31)25(24)16-9-7-12-21-30(29(32)33,36-27-17-10-13-22-34-27)37-28-18-11-14-23-35-28/h7-11,13-15,17-18,22-25,27-28H,2-6,12,16,19-21H2,1H3,(H,32,33)/b9-7?,15-8+/t24-,25+,27?,28?,30?/m0/s1. The van der Waals surface area contributed by atoms with Gasteiger partial charge in [-0.2, -0.15) is 0 Å². The number of rotatable bonds is 16. The summed E-state index contributed by atoms with van der Waals surface area (Å²) >= 11 is 0. The monoisotopic (exact) mass is 512 g/mol. The normalized spacial score (nSPS) is 26.6. The fourth-order valence-electron chi connectivity index (χ4n) is 4.66. The number of unbranched alkanes of at least 4 members (excludes halogenated alkanes) is 4. The average Bonchev–Trinajstić information content (AvgIpc) is 3.25. The van der Waals surface area contributed by atoms with Crippen LogP contribution in [0.25, 0.3) is 0 Å². The Morgan fingerprint density at radius 2 is 1.70 bits per heavy atom. The van der Waals surface area contributed by atoms with Gasteiger partial charge >= 0.3 is 5.97 Å². The summed E-state index contributed by atoms with van der Waals surface area (Å²) in [6, 6.07) is 0. The fraction of sp³-hybridized carbons (Fsp3) is 0.533. The second kappa shape index (κ2) is 15.4. The van der Waals surface area contributed by atoms with Crippen molar-refractivity contribution in [1.29, 1.82) is 0 Å². The highest BCUT2D eigenvalue weighted by Crippen LogP contribution is 2.33. The van der Waals surface area contributed by atoms with Crippen LogP contribution in [-0.4, -0.2) is 35.2 Å². The van der Waals surface area contributed by atoms with Crippen LogP contribution in [0.3, 0.4) is 0 Å². The first-order valence-electron chi connectivity index (χ1n) is 13.4. The molecular weight excluding hydrogens is 472 g/mol. The number of Topliss-reactive ketones (excluding diaryl/α,β-unsaturated/α-hetero) is 1. The van der Waals surface area contributed by atoms with Crippen LogP contribution in [0.15, 0.2) is 73.3 Å². The SMILES string of the molecule is CCCCCC/C=C/[C@H]1CCC(=O)[C@@H]1CC=CCCC(OC1C=CC=CO1)(OC1C=CC=CO1)C(=O)O. The quantitative estimate of drug-likeness (QED) is 0.143. The molecule has 7 heteroatoms. The van der Waals surface area contributed by atoms with Crippen molar-refractivity contribution in [1.82, 2.24) is 0 Å². The number of hydrogen-bond acceptors (Lipinski definition) is 6. The summed E-state index contributed by atoms with van der Waals surface area (Å²) < 4.78 is 22.4. The zero-order chi connectivity index (χ0) is 26.3. The van der Waals surface area contributed by atoms with Crippen LogP contribution in [0, 0.1) is 11.8 Å². The molecular formula is C30H40O7. The number of allylic oxidation sites excluding steroid dienone is 8. The second-order valence-corrected chi connectivity index (χ2v) is 9.53. The summed E-state index contributed by atoms with van der Waals surface area (Å²) in [7, 11) is 0. The maximum atomic E-state index is 12.5.